The lowest BCUT2D eigenvalue weighted by atomic mass is 10.4. The minimum Gasteiger partial charge on any atom is -0.206 e. The number of hydrogen-bond donors (Lipinski definition) is 0. The molecule has 0 saturated heterocycles. The van der Waals surface area contributed by atoms with Crippen molar-refractivity contribution in [1.29, 1.82) is 0 Å². The van der Waals surface area contributed by atoms with E-state index in [0.29, 0.717) is 4.91 Å². The maximum Gasteiger partial charge on any atom is 0.129 e. The molecule has 0 bridgehead atoms. The third-order valence-electron chi connectivity index (χ3n) is 1.29. The third kappa shape index (κ3) is 2.55. The zero-order valence-electron chi connectivity index (χ0n) is 6.59. The highest BCUT2D eigenvalue weighted by Gasteiger charge is 1.99. The first kappa shape index (κ1) is 9.07. The van der Waals surface area contributed by atoms with Crippen LogP contribution in [0.4, 0.5) is 4.39 Å². The van der Waals surface area contributed by atoms with Crippen LogP contribution in [0.15, 0.2) is 59.1 Å². The van der Waals surface area contributed by atoms with E-state index in [1.807, 2.05) is 30.3 Å². The van der Waals surface area contributed by atoms with Crippen molar-refractivity contribution in [2.45, 2.75) is 4.90 Å². The molecule has 0 amide bonds. The summed E-state index contributed by atoms with van der Waals surface area (Å²) >= 11 is 1.28. The van der Waals surface area contributed by atoms with Crippen molar-refractivity contribution in [1.82, 2.24) is 0 Å². The van der Waals surface area contributed by atoms with Gasteiger partial charge in [-0.2, -0.15) is 0 Å². The highest BCUT2D eigenvalue weighted by atomic mass is 32.2. The number of benzene rings is 1. The Morgan fingerprint density at radius 1 is 1.17 bits per heavy atom. The van der Waals surface area contributed by atoms with E-state index in [1.54, 1.807) is 0 Å². The lowest BCUT2D eigenvalue weighted by Gasteiger charge is -2.00. The van der Waals surface area contributed by atoms with Gasteiger partial charge in [-0.15, -0.1) is 0 Å². The molecule has 0 saturated carbocycles. The Labute approximate surface area is 75.8 Å². The van der Waals surface area contributed by atoms with Crippen molar-refractivity contribution in [2.24, 2.45) is 0 Å². The predicted molar refractivity (Wildman–Crippen MR) is 51.7 cm³/mol. The maximum absolute atomic E-state index is 12.5. The fraction of sp³-hybridized carbons (Fsp3) is 0. The highest BCUT2D eigenvalue weighted by molar-refractivity contribution is 8.03. The molecular formula is C10H9FS. The predicted octanol–water partition coefficient (Wildman–Crippen LogP) is 3.78. The van der Waals surface area contributed by atoms with E-state index in [0.717, 1.165) is 4.90 Å². The Balaban J connectivity index is 2.65. The van der Waals surface area contributed by atoms with Crippen LogP contribution in [0, 0.1) is 0 Å². The molecule has 0 heterocycles. The number of thioether (sulfide) groups is 1. The average molecular weight is 180 g/mol. The van der Waals surface area contributed by atoms with Crippen LogP contribution in [0.3, 0.4) is 0 Å². The van der Waals surface area contributed by atoms with Gasteiger partial charge in [0, 0.05) is 9.80 Å². The van der Waals surface area contributed by atoms with E-state index >= 15 is 0 Å². The first-order valence-electron chi connectivity index (χ1n) is 3.47. The Morgan fingerprint density at radius 2 is 1.75 bits per heavy atom. The molecule has 0 atom stereocenters. The number of hydrogen-bond acceptors (Lipinski definition) is 1. The number of rotatable bonds is 3. The molecule has 0 spiro atoms. The summed E-state index contributed by atoms with van der Waals surface area (Å²) in [6.45, 7) is 6.70. The monoisotopic (exact) mass is 180 g/mol. The van der Waals surface area contributed by atoms with Crippen LogP contribution in [-0.4, -0.2) is 0 Å². The summed E-state index contributed by atoms with van der Waals surface area (Å²) in [6, 6.07) is 9.52. The van der Waals surface area contributed by atoms with E-state index in [2.05, 4.69) is 13.2 Å². The molecular weight excluding hydrogens is 171 g/mol. The van der Waals surface area contributed by atoms with E-state index in [4.69, 9.17) is 0 Å². The van der Waals surface area contributed by atoms with Crippen molar-refractivity contribution in [3.8, 4) is 0 Å². The standard InChI is InChI=1S/C10H9FS/c1-8(11)9(2)12-10-6-4-3-5-7-10/h3-7H,1-2H2. The van der Waals surface area contributed by atoms with Crippen LogP contribution in [0.5, 0.6) is 0 Å². The minimum atomic E-state index is -0.469. The summed E-state index contributed by atoms with van der Waals surface area (Å²) in [5.74, 6) is -0.469. The maximum atomic E-state index is 12.5. The van der Waals surface area contributed by atoms with E-state index < -0.39 is 5.83 Å². The summed E-state index contributed by atoms with van der Waals surface area (Å²) in [6.07, 6.45) is 0. The van der Waals surface area contributed by atoms with Crippen molar-refractivity contribution in [2.75, 3.05) is 0 Å². The van der Waals surface area contributed by atoms with Crippen LogP contribution in [0.2, 0.25) is 0 Å². The molecule has 0 N–H and O–H groups in total. The fourth-order valence-corrected chi connectivity index (χ4v) is 1.37. The summed E-state index contributed by atoms with van der Waals surface area (Å²) < 4.78 is 12.5. The molecule has 62 valence electrons. The average Bonchev–Trinajstić information content (AvgIpc) is 2.06. The van der Waals surface area contributed by atoms with E-state index in [1.165, 1.54) is 11.8 Å². The lowest BCUT2D eigenvalue weighted by Crippen LogP contribution is -1.73. The molecule has 0 fully saturated rings. The molecule has 0 radical (unpaired) electrons. The Bertz CT molecular complexity index is 290. The zero-order valence-corrected chi connectivity index (χ0v) is 7.40. The smallest absolute Gasteiger partial charge is 0.129 e. The molecule has 2 heteroatoms. The molecule has 1 rings (SSSR count). The van der Waals surface area contributed by atoms with Gasteiger partial charge in [0.15, 0.2) is 0 Å². The third-order valence-corrected chi connectivity index (χ3v) is 2.26. The normalized spacial score (nSPS) is 9.42. The van der Waals surface area contributed by atoms with Gasteiger partial charge in [-0.25, -0.2) is 4.39 Å². The van der Waals surface area contributed by atoms with Gasteiger partial charge in [-0.05, 0) is 12.1 Å². The van der Waals surface area contributed by atoms with Gasteiger partial charge in [0.1, 0.15) is 5.83 Å². The summed E-state index contributed by atoms with van der Waals surface area (Å²) in [7, 11) is 0. The summed E-state index contributed by atoms with van der Waals surface area (Å²) in [4.78, 5) is 1.34. The van der Waals surface area contributed by atoms with Gasteiger partial charge in [0.25, 0.3) is 0 Å². The Morgan fingerprint density at radius 3 is 2.25 bits per heavy atom. The van der Waals surface area contributed by atoms with Crippen LogP contribution >= 0.6 is 11.8 Å². The highest BCUT2D eigenvalue weighted by Crippen LogP contribution is 2.29. The first-order valence-corrected chi connectivity index (χ1v) is 4.28. The molecule has 1 aromatic carbocycles. The molecule has 1 aromatic rings. The molecule has 0 aliphatic carbocycles. The Kier molecular flexibility index (Phi) is 3.11. The molecule has 0 unspecified atom stereocenters. The summed E-state index contributed by atoms with van der Waals surface area (Å²) in [5.41, 5.74) is 0. The van der Waals surface area contributed by atoms with Crippen molar-refractivity contribution in [3.63, 3.8) is 0 Å². The molecule has 12 heavy (non-hydrogen) atoms. The summed E-state index contributed by atoms with van der Waals surface area (Å²) in [5, 5.41) is 0. The van der Waals surface area contributed by atoms with Crippen molar-refractivity contribution >= 4 is 11.8 Å². The zero-order chi connectivity index (χ0) is 8.97. The van der Waals surface area contributed by atoms with Gasteiger partial charge in [-0.1, -0.05) is 43.1 Å². The minimum absolute atomic E-state index is 0.362. The molecule has 0 aromatic heterocycles. The second-order valence-corrected chi connectivity index (χ2v) is 3.41. The van der Waals surface area contributed by atoms with Crippen molar-refractivity contribution in [3.05, 3.63) is 54.2 Å². The van der Waals surface area contributed by atoms with Crippen LogP contribution in [0.1, 0.15) is 0 Å². The molecule has 0 aliphatic rings. The lowest BCUT2D eigenvalue weighted by molar-refractivity contribution is 0.668. The number of allylic oxidation sites excluding steroid dienone is 1. The van der Waals surface area contributed by atoms with Crippen LogP contribution < -0.4 is 0 Å². The van der Waals surface area contributed by atoms with Gasteiger partial charge >= 0.3 is 0 Å². The molecule has 0 aliphatic heterocycles. The van der Waals surface area contributed by atoms with Gasteiger partial charge < -0.3 is 0 Å². The van der Waals surface area contributed by atoms with E-state index in [9.17, 15) is 4.39 Å². The SMILES string of the molecule is C=C(F)C(=C)Sc1ccccc1. The van der Waals surface area contributed by atoms with Crippen LogP contribution in [0.25, 0.3) is 0 Å². The van der Waals surface area contributed by atoms with Crippen LogP contribution in [-0.2, 0) is 0 Å². The van der Waals surface area contributed by atoms with Crippen molar-refractivity contribution < 1.29 is 4.39 Å². The first-order chi connectivity index (χ1) is 5.70. The second kappa shape index (κ2) is 4.12. The van der Waals surface area contributed by atoms with Gasteiger partial charge in [0.2, 0.25) is 0 Å². The molecule has 0 nitrogen and oxygen atoms in total. The van der Waals surface area contributed by atoms with Gasteiger partial charge in [-0.3, -0.25) is 0 Å². The number of halogens is 1. The fourth-order valence-electron chi connectivity index (χ4n) is 0.686. The largest absolute Gasteiger partial charge is 0.206 e. The van der Waals surface area contributed by atoms with E-state index in [-0.39, 0.29) is 0 Å². The van der Waals surface area contributed by atoms with Gasteiger partial charge in [0.05, 0.1) is 0 Å². The Hall–Kier alpha value is -1.02. The quantitative estimate of drug-likeness (QED) is 0.504. The topological polar surface area (TPSA) is 0 Å². The second-order valence-electron chi connectivity index (χ2n) is 2.24.